The van der Waals surface area contributed by atoms with Crippen LogP contribution >= 0.6 is 23.3 Å². The molecule has 20 heavy (non-hydrogen) atoms. The zero-order chi connectivity index (χ0) is 15.0. The van der Waals surface area contributed by atoms with Crippen molar-refractivity contribution in [2.75, 3.05) is 18.9 Å². The molecular weight excluding hydrogens is 294 g/mol. The van der Waals surface area contributed by atoms with E-state index in [2.05, 4.69) is 14.7 Å². The number of aryl methyl sites for hydroxylation is 1. The average Bonchev–Trinajstić information content (AvgIpc) is 2.81. The van der Waals surface area contributed by atoms with E-state index in [9.17, 15) is 4.79 Å². The van der Waals surface area contributed by atoms with Gasteiger partial charge in [0.05, 0.1) is 6.61 Å². The van der Waals surface area contributed by atoms with E-state index in [1.54, 1.807) is 11.8 Å². The van der Waals surface area contributed by atoms with Crippen molar-refractivity contribution in [3.8, 4) is 0 Å². The monoisotopic (exact) mass is 317 g/mol. The molecule has 0 aliphatic heterocycles. The lowest BCUT2D eigenvalue weighted by Crippen LogP contribution is -2.50. The van der Waals surface area contributed by atoms with Gasteiger partial charge in [-0.25, -0.2) is 4.98 Å². The summed E-state index contributed by atoms with van der Waals surface area (Å²) >= 11 is 3.12. The number of rotatable bonds is 9. The van der Waals surface area contributed by atoms with Crippen LogP contribution in [0.25, 0.3) is 0 Å². The fraction of sp³-hybridized carbons (Fsp3) is 0.769. The molecular formula is C13H23N3O2S2. The van der Waals surface area contributed by atoms with Crippen LogP contribution < -0.4 is 5.32 Å². The van der Waals surface area contributed by atoms with Gasteiger partial charge in [-0.3, -0.25) is 4.79 Å². The standard InChI is InChI=1S/C13H23N3O2S2/c1-5-14-13(4,11(17)18-6-2)8-7-9-19-12-15-10(3)16-20-12/h14H,5-9H2,1-4H3. The molecule has 5 nitrogen and oxygen atoms in total. The molecule has 1 heterocycles. The van der Waals surface area contributed by atoms with Crippen molar-refractivity contribution in [3.05, 3.63) is 5.82 Å². The van der Waals surface area contributed by atoms with Crippen LogP contribution in [-0.4, -0.2) is 39.8 Å². The minimum atomic E-state index is -0.595. The summed E-state index contributed by atoms with van der Waals surface area (Å²) in [6, 6.07) is 0. The SMILES string of the molecule is CCNC(C)(CCCSc1nc(C)ns1)C(=O)OCC. The Morgan fingerprint density at radius 3 is 2.80 bits per heavy atom. The van der Waals surface area contributed by atoms with Gasteiger partial charge >= 0.3 is 5.97 Å². The second kappa shape index (κ2) is 8.59. The Morgan fingerprint density at radius 1 is 1.50 bits per heavy atom. The summed E-state index contributed by atoms with van der Waals surface area (Å²) < 4.78 is 10.3. The lowest BCUT2D eigenvalue weighted by atomic mass is 9.96. The highest BCUT2D eigenvalue weighted by molar-refractivity contribution is 8.00. The largest absolute Gasteiger partial charge is 0.465 e. The van der Waals surface area contributed by atoms with Gasteiger partial charge in [-0.2, -0.15) is 4.37 Å². The van der Waals surface area contributed by atoms with Gasteiger partial charge < -0.3 is 10.1 Å². The van der Waals surface area contributed by atoms with Crippen LogP contribution in [0, 0.1) is 6.92 Å². The Bertz CT molecular complexity index is 426. The van der Waals surface area contributed by atoms with Crippen molar-refractivity contribution in [2.24, 2.45) is 0 Å². The first-order valence-corrected chi connectivity index (χ1v) is 8.63. The lowest BCUT2D eigenvalue weighted by molar-refractivity contribution is -0.150. The van der Waals surface area contributed by atoms with Crippen molar-refractivity contribution in [1.29, 1.82) is 0 Å². The number of esters is 1. The fourth-order valence-electron chi connectivity index (χ4n) is 1.87. The number of hydrogen-bond acceptors (Lipinski definition) is 7. The number of ether oxygens (including phenoxy) is 1. The zero-order valence-corrected chi connectivity index (χ0v) is 14.2. The number of likely N-dealkylation sites (N-methyl/N-ethyl adjacent to an activating group) is 1. The number of aromatic nitrogens is 2. The van der Waals surface area contributed by atoms with E-state index in [0.29, 0.717) is 6.61 Å². The maximum atomic E-state index is 12.0. The van der Waals surface area contributed by atoms with Gasteiger partial charge in [0.15, 0.2) is 4.34 Å². The maximum absolute atomic E-state index is 12.0. The summed E-state index contributed by atoms with van der Waals surface area (Å²) in [6.07, 6.45) is 1.68. The minimum absolute atomic E-state index is 0.168. The van der Waals surface area contributed by atoms with Crippen molar-refractivity contribution < 1.29 is 9.53 Å². The molecule has 0 saturated carbocycles. The maximum Gasteiger partial charge on any atom is 0.326 e. The van der Waals surface area contributed by atoms with Gasteiger partial charge in [0, 0.05) is 5.75 Å². The second-order valence-corrected chi connectivity index (χ2v) is 6.74. The summed E-state index contributed by atoms with van der Waals surface area (Å²) in [7, 11) is 0. The van der Waals surface area contributed by atoms with Crippen molar-refractivity contribution in [3.63, 3.8) is 0 Å². The molecule has 0 spiro atoms. The lowest BCUT2D eigenvalue weighted by Gasteiger charge is -2.28. The van der Waals surface area contributed by atoms with E-state index in [0.717, 1.165) is 35.3 Å². The topological polar surface area (TPSA) is 64.1 Å². The van der Waals surface area contributed by atoms with Crippen molar-refractivity contribution in [2.45, 2.75) is 50.4 Å². The molecule has 1 aromatic rings. The molecule has 0 amide bonds. The number of thioether (sulfide) groups is 1. The molecule has 0 aliphatic carbocycles. The number of carbonyl (C=O) groups excluding carboxylic acids is 1. The van der Waals surface area contributed by atoms with Crippen LogP contribution in [0.3, 0.4) is 0 Å². The molecule has 0 aromatic carbocycles. The van der Waals surface area contributed by atoms with Crippen molar-refractivity contribution >= 4 is 29.3 Å². The highest BCUT2D eigenvalue weighted by atomic mass is 32.2. The Kier molecular flexibility index (Phi) is 7.47. The quantitative estimate of drug-likeness (QED) is 0.429. The van der Waals surface area contributed by atoms with E-state index in [1.807, 2.05) is 27.7 Å². The Hall–Kier alpha value is -0.660. The number of hydrogen-bond donors (Lipinski definition) is 1. The molecule has 0 radical (unpaired) electrons. The first-order valence-electron chi connectivity index (χ1n) is 6.87. The Morgan fingerprint density at radius 2 is 2.25 bits per heavy atom. The van der Waals surface area contributed by atoms with Crippen LogP contribution in [0.4, 0.5) is 0 Å². The third-order valence-corrected chi connectivity index (χ3v) is 4.86. The van der Waals surface area contributed by atoms with Gasteiger partial charge in [0.2, 0.25) is 0 Å². The summed E-state index contributed by atoms with van der Waals surface area (Å²) in [5.74, 6) is 1.58. The molecule has 0 saturated heterocycles. The smallest absolute Gasteiger partial charge is 0.326 e. The average molecular weight is 317 g/mol. The Balaban J connectivity index is 2.40. The van der Waals surface area contributed by atoms with E-state index in [1.165, 1.54) is 11.5 Å². The summed E-state index contributed by atoms with van der Waals surface area (Å²) in [5, 5.41) is 3.24. The van der Waals surface area contributed by atoms with Crippen LogP contribution in [0.5, 0.6) is 0 Å². The minimum Gasteiger partial charge on any atom is -0.465 e. The number of nitrogens with zero attached hydrogens (tertiary/aromatic N) is 2. The number of carbonyl (C=O) groups is 1. The zero-order valence-electron chi connectivity index (χ0n) is 12.6. The molecule has 7 heteroatoms. The van der Waals surface area contributed by atoms with Gasteiger partial charge in [-0.05, 0) is 51.7 Å². The third-order valence-electron chi connectivity index (χ3n) is 2.85. The Labute approximate surface area is 129 Å². The van der Waals surface area contributed by atoms with Gasteiger partial charge in [0.1, 0.15) is 11.4 Å². The second-order valence-electron chi connectivity index (χ2n) is 4.64. The van der Waals surface area contributed by atoms with Crippen LogP contribution in [0.15, 0.2) is 4.34 Å². The molecule has 0 aliphatic rings. The summed E-state index contributed by atoms with van der Waals surface area (Å²) in [6.45, 7) is 8.79. The normalized spacial score (nSPS) is 14.0. The van der Waals surface area contributed by atoms with Gasteiger partial charge in [0.25, 0.3) is 0 Å². The molecule has 0 fully saturated rings. The van der Waals surface area contributed by atoms with E-state index < -0.39 is 5.54 Å². The van der Waals surface area contributed by atoms with E-state index in [4.69, 9.17) is 4.74 Å². The first-order chi connectivity index (χ1) is 9.51. The first kappa shape index (κ1) is 17.4. The highest BCUT2D eigenvalue weighted by Gasteiger charge is 2.33. The molecule has 0 bridgehead atoms. The summed E-state index contributed by atoms with van der Waals surface area (Å²) in [5.41, 5.74) is -0.595. The fourth-order valence-corrected chi connectivity index (χ4v) is 3.52. The van der Waals surface area contributed by atoms with Gasteiger partial charge in [-0.15, -0.1) is 0 Å². The van der Waals surface area contributed by atoms with Gasteiger partial charge in [-0.1, -0.05) is 18.7 Å². The molecule has 1 aromatic heterocycles. The van der Waals surface area contributed by atoms with Crippen molar-refractivity contribution in [1.82, 2.24) is 14.7 Å². The number of nitrogens with one attached hydrogen (secondary N) is 1. The van der Waals surface area contributed by atoms with E-state index >= 15 is 0 Å². The molecule has 1 N–H and O–H groups in total. The highest BCUT2D eigenvalue weighted by Crippen LogP contribution is 2.23. The van der Waals surface area contributed by atoms with Crippen LogP contribution in [0.2, 0.25) is 0 Å². The molecule has 114 valence electrons. The molecule has 1 rings (SSSR count). The van der Waals surface area contributed by atoms with Crippen LogP contribution in [-0.2, 0) is 9.53 Å². The predicted molar refractivity (Wildman–Crippen MR) is 83.3 cm³/mol. The predicted octanol–water partition coefficient (Wildman–Crippen LogP) is 2.65. The molecule has 1 unspecified atom stereocenters. The molecule has 1 atom stereocenters. The summed E-state index contributed by atoms with van der Waals surface area (Å²) in [4.78, 5) is 16.3. The third kappa shape index (κ3) is 5.38. The van der Waals surface area contributed by atoms with E-state index in [-0.39, 0.29) is 5.97 Å². The van der Waals surface area contributed by atoms with Crippen LogP contribution in [0.1, 0.15) is 39.4 Å².